The van der Waals surface area contributed by atoms with Gasteiger partial charge in [0.2, 0.25) is 0 Å². The lowest BCUT2D eigenvalue weighted by atomic mass is 10.2. The Morgan fingerprint density at radius 3 is 2.21 bits per heavy atom. The zero-order valence-electron chi connectivity index (χ0n) is 15.7. The van der Waals surface area contributed by atoms with Gasteiger partial charge in [-0.25, -0.2) is 0 Å². The van der Waals surface area contributed by atoms with E-state index in [0.29, 0.717) is 23.7 Å². The van der Waals surface area contributed by atoms with Crippen LogP contribution in [-0.2, 0) is 0 Å². The van der Waals surface area contributed by atoms with Crippen molar-refractivity contribution >= 4 is 23.2 Å². The predicted octanol–water partition coefficient (Wildman–Crippen LogP) is 4.65. The van der Waals surface area contributed by atoms with Gasteiger partial charge in [0, 0.05) is 23.3 Å². The number of para-hydroxylation sites is 1. The van der Waals surface area contributed by atoms with Crippen molar-refractivity contribution in [3.8, 4) is 5.75 Å². The van der Waals surface area contributed by atoms with Gasteiger partial charge in [-0.05, 0) is 48.5 Å². The van der Waals surface area contributed by atoms with Crippen molar-refractivity contribution in [1.82, 2.24) is 5.32 Å². The summed E-state index contributed by atoms with van der Waals surface area (Å²) >= 11 is 5.98. The zero-order valence-corrected chi connectivity index (χ0v) is 16.5. The molecule has 144 valence electrons. The van der Waals surface area contributed by atoms with Crippen LogP contribution in [0.5, 0.6) is 5.75 Å². The lowest BCUT2D eigenvalue weighted by Crippen LogP contribution is -2.42. The number of ether oxygens (including phenoxy) is 1. The number of nitrogens with one attached hydrogen (secondary N) is 1. The number of nitrogens with zero attached hydrogens (tertiary/aromatic N) is 1. The maximum Gasteiger partial charge on any atom is 0.251 e. The fraction of sp³-hybridized carbons (Fsp3) is 0.174. The summed E-state index contributed by atoms with van der Waals surface area (Å²) in [5.41, 5.74) is 1.66. The van der Waals surface area contributed by atoms with Gasteiger partial charge >= 0.3 is 0 Å². The van der Waals surface area contributed by atoms with E-state index in [1.807, 2.05) is 79.8 Å². The summed E-state index contributed by atoms with van der Waals surface area (Å²) in [4.78, 5) is 14.5. The Labute approximate surface area is 170 Å². The SMILES string of the molecule is CN(CC(CNC(=O)c1ccccc1)Oc1ccccc1)c1ccc(Cl)cc1. The first-order chi connectivity index (χ1) is 13.6. The molecule has 0 saturated heterocycles. The van der Waals surface area contributed by atoms with Crippen LogP contribution in [-0.4, -0.2) is 32.1 Å². The molecule has 0 aliphatic heterocycles. The van der Waals surface area contributed by atoms with Gasteiger partial charge in [-0.1, -0.05) is 48.0 Å². The standard InChI is InChI=1S/C23H23ClN2O2/c1-26(20-14-12-19(24)13-15-20)17-22(28-21-10-6-3-7-11-21)16-25-23(27)18-8-4-2-5-9-18/h2-15,22H,16-17H2,1H3,(H,25,27). The molecule has 1 unspecified atom stereocenters. The molecule has 0 fully saturated rings. The molecule has 1 atom stereocenters. The molecule has 1 N–H and O–H groups in total. The molecule has 3 aromatic carbocycles. The van der Waals surface area contributed by atoms with E-state index in [4.69, 9.17) is 16.3 Å². The smallest absolute Gasteiger partial charge is 0.251 e. The minimum atomic E-state index is -0.226. The highest BCUT2D eigenvalue weighted by Gasteiger charge is 2.16. The maximum absolute atomic E-state index is 12.4. The normalized spacial score (nSPS) is 11.5. The first-order valence-electron chi connectivity index (χ1n) is 9.13. The van der Waals surface area contributed by atoms with Crippen molar-refractivity contribution in [2.24, 2.45) is 0 Å². The second-order valence-electron chi connectivity index (χ2n) is 6.49. The molecule has 1 amide bonds. The summed E-state index contributed by atoms with van der Waals surface area (Å²) in [5, 5.41) is 3.67. The molecular formula is C23H23ClN2O2. The molecule has 0 spiro atoms. The van der Waals surface area contributed by atoms with E-state index >= 15 is 0 Å². The van der Waals surface area contributed by atoms with Gasteiger partial charge < -0.3 is 15.0 Å². The maximum atomic E-state index is 12.4. The van der Waals surface area contributed by atoms with Crippen LogP contribution in [0.4, 0.5) is 5.69 Å². The van der Waals surface area contributed by atoms with E-state index in [9.17, 15) is 4.79 Å². The molecule has 0 heterocycles. The zero-order chi connectivity index (χ0) is 19.8. The molecule has 0 saturated carbocycles. The number of anilines is 1. The number of halogens is 1. The van der Waals surface area contributed by atoms with Gasteiger partial charge in [0.1, 0.15) is 11.9 Å². The Morgan fingerprint density at radius 2 is 1.57 bits per heavy atom. The van der Waals surface area contributed by atoms with Gasteiger partial charge in [0.25, 0.3) is 5.91 Å². The van der Waals surface area contributed by atoms with Crippen LogP contribution in [0.25, 0.3) is 0 Å². The molecule has 5 heteroatoms. The van der Waals surface area contributed by atoms with Crippen LogP contribution in [0.15, 0.2) is 84.9 Å². The Bertz CT molecular complexity index is 870. The first kappa shape index (κ1) is 19.8. The number of carbonyl (C=O) groups excluding carboxylic acids is 1. The molecule has 28 heavy (non-hydrogen) atoms. The third-order valence-corrected chi connectivity index (χ3v) is 4.57. The van der Waals surface area contributed by atoms with Crippen LogP contribution in [0.1, 0.15) is 10.4 Å². The molecule has 0 aliphatic carbocycles. The molecule has 3 rings (SSSR count). The summed E-state index contributed by atoms with van der Waals surface area (Å²) in [5.74, 6) is 0.655. The van der Waals surface area contributed by atoms with Gasteiger partial charge in [-0.2, -0.15) is 0 Å². The van der Waals surface area contributed by atoms with Crippen LogP contribution in [0.3, 0.4) is 0 Å². The lowest BCUT2D eigenvalue weighted by molar-refractivity contribution is 0.0929. The monoisotopic (exact) mass is 394 g/mol. The third-order valence-electron chi connectivity index (χ3n) is 4.32. The second-order valence-corrected chi connectivity index (χ2v) is 6.92. The highest BCUT2D eigenvalue weighted by atomic mass is 35.5. The summed E-state index contributed by atoms with van der Waals surface area (Å²) in [6, 6.07) is 26.4. The fourth-order valence-corrected chi connectivity index (χ4v) is 2.97. The van der Waals surface area contributed by atoms with Crippen molar-refractivity contribution in [2.75, 3.05) is 25.0 Å². The number of benzene rings is 3. The highest BCUT2D eigenvalue weighted by Crippen LogP contribution is 2.18. The number of rotatable bonds is 8. The lowest BCUT2D eigenvalue weighted by Gasteiger charge is -2.27. The number of hydrogen-bond acceptors (Lipinski definition) is 3. The minimum absolute atomic E-state index is 0.114. The molecule has 0 aromatic heterocycles. The largest absolute Gasteiger partial charge is 0.487 e. The van der Waals surface area contributed by atoms with Gasteiger partial charge in [-0.3, -0.25) is 4.79 Å². The van der Waals surface area contributed by atoms with Gasteiger partial charge in [0.15, 0.2) is 0 Å². The quantitative estimate of drug-likeness (QED) is 0.604. The molecule has 0 radical (unpaired) electrons. The van der Waals surface area contributed by atoms with E-state index in [0.717, 1.165) is 11.4 Å². The molecule has 0 aliphatic rings. The Hall–Kier alpha value is -2.98. The van der Waals surface area contributed by atoms with Crippen molar-refractivity contribution in [3.05, 3.63) is 95.5 Å². The molecule has 3 aromatic rings. The van der Waals surface area contributed by atoms with E-state index in [1.165, 1.54) is 0 Å². The first-order valence-corrected chi connectivity index (χ1v) is 9.51. The summed E-state index contributed by atoms with van der Waals surface area (Å²) in [7, 11) is 1.99. The highest BCUT2D eigenvalue weighted by molar-refractivity contribution is 6.30. The van der Waals surface area contributed by atoms with Gasteiger partial charge in [-0.15, -0.1) is 0 Å². The molecule has 4 nitrogen and oxygen atoms in total. The summed E-state index contributed by atoms with van der Waals surface area (Å²) in [6.45, 7) is 0.992. The van der Waals surface area contributed by atoms with Crippen LogP contribution < -0.4 is 15.0 Å². The molecular weight excluding hydrogens is 372 g/mol. The van der Waals surface area contributed by atoms with E-state index in [1.54, 1.807) is 12.1 Å². The van der Waals surface area contributed by atoms with Crippen LogP contribution in [0.2, 0.25) is 5.02 Å². The third kappa shape index (κ3) is 5.76. The Balaban J connectivity index is 1.67. The summed E-state index contributed by atoms with van der Waals surface area (Å²) < 4.78 is 6.13. The Morgan fingerprint density at radius 1 is 0.964 bits per heavy atom. The van der Waals surface area contributed by atoms with Crippen molar-refractivity contribution < 1.29 is 9.53 Å². The van der Waals surface area contributed by atoms with Crippen LogP contribution in [0, 0.1) is 0 Å². The Kier molecular flexibility index (Phi) is 6.93. The topological polar surface area (TPSA) is 41.6 Å². The van der Waals surface area contributed by atoms with Gasteiger partial charge in [0.05, 0.1) is 13.1 Å². The number of carbonyl (C=O) groups is 1. The fourth-order valence-electron chi connectivity index (χ4n) is 2.84. The van der Waals surface area contributed by atoms with Crippen molar-refractivity contribution in [3.63, 3.8) is 0 Å². The number of hydrogen-bond donors (Lipinski definition) is 1. The summed E-state index contributed by atoms with van der Waals surface area (Å²) in [6.07, 6.45) is -0.226. The minimum Gasteiger partial charge on any atom is -0.487 e. The average Bonchev–Trinajstić information content (AvgIpc) is 2.73. The van der Waals surface area contributed by atoms with Crippen molar-refractivity contribution in [2.45, 2.75) is 6.10 Å². The number of amides is 1. The predicted molar refractivity (Wildman–Crippen MR) is 114 cm³/mol. The van der Waals surface area contributed by atoms with E-state index in [2.05, 4.69) is 10.2 Å². The van der Waals surface area contributed by atoms with E-state index < -0.39 is 0 Å². The van der Waals surface area contributed by atoms with E-state index in [-0.39, 0.29) is 12.0 Å². The van der Waals surface area contributed by atoms with Crippen LogP contribution >= 0.6 is 11.6 Å². The van der Waals surface area contributed by atoms with Crippen molar-refractivity contribution in [1.29, 1.82) is 0 Å². The average molecular weight is 395 g/mol. The molecule has 0 bridgehead atoms. The number of likely N-dealkylation sites (N-methyl/N-ethyl adjacent to an activating group) is 1. The second kappa shape index (κ2) is 9.81.